The number of aliphatic imine (C=N–C) groups is 1. The van der Waals surface area contributed by atoms with Gasteiger partial charge in [-0.05, 0) is 24.3 Å². The van der Waals surface area contributed by atoms with Crippen LogP contribution in [0.25, 0.3) is 0 Å². The third-order valence-corrected chi connectivity index (χ3v) is 4.08. The molecule has 22 heavy (non-hydrogen) atoms. The first kappa shape index (κ1) is 13.1. The molecule has 1 aliphatic heterocycles. The van der Waals surface area contributed by atoms with Crippen LogP contribution in [0.2, 0.25) is 0 Å². The highest BCUT2D eigenvalue weighted by Gasteiger charge is 2.34. The molecule has 0 radical (unpaired) electrons. The van der Waals surface area contributed by atoms with Crippen molar-refractivity contribution in [2.75, 3.05) is 0 Å². The number of ketones is 1. The van der Waals surface area contributed by atoms with Crippen LogP contribution < -0.4 is 4.74 Å². The lowest BCUT2D eigenvalue weighted by atomic mass is 9.82. The van der Waals surface area contributed by atoms with Gasteiger partial charge in [-0.15, -0.1) is 0 Å². The summed E-state index contributed by atoms with van der Waals surface area (Å²) in [6, 6.07) is 10.3. The molecule has 1 N–H and O–H groups in total. The van der Waals surface area contributed by atoms with Crippen molar-refractivity contribution in [2.45, 2.75) is 26.0 Å². The van der Waals surface area contributed by atoms with Crippen LogP contribution in [0.3, 0.4) is 0 Å². The monoisotopic (exact) mass is 293 g/mol. The van der Waals surface area contributed by atoms with Gasteiger partial charge in [0.2, 0.25) is 0 Å². The van der Waals surface area contributed by atoms with E-state index in [1.165, 1.54) is 6.07 Å². The Labute approximate surface area is 128 Å². The Morgan fingerprint density at radius 2 is 2.05 bits per heavy atom. The highest BCUT2D eigenvalue weighted by Crippen LogP contribution is 2.38. The normalized spacial score (nSPS) is 18.1. The number of fused-ring (bicyclic) bond motifs is 2. The number of phenols is 1. The summed E-state index contributed by atoms with van der Waals surface area (Å²) < 4.78 is 5.91. The van der Waals surface area contributed by atoms with Crippen LogP contribution in [0.15, 0.2) is 41.4 Å². The first-order chi connectivity index (χ1) is 10.7. The van der Waals surface area contributed by atoms with Crippen LogP contribution in [0.5, 0.6) is 11.5 Å². The molecule has 0 fully saturated rings. The van der Waals surface area contributed by atoms with Crippen molar-refractivity contribution in [3.05, 3.63) is 58.7 Å². The van der Waals surface area contributed by atoms with Crippen molar-refractivity contribution in [3.8, 4) is 11.5 Å². The Bertz CT molecular complexity index is 823. The van der Waals surface area contributed by atoms with E-state index in [9.17, 15) is 9.90 Å². The summed E-state index contributed by atoms with van der Waals surface area (Å²) >= 11 is 0. The van der Waals surface area contributed by atoms with E-state index in [2.05, 4.69) is 6.92 Å². The average molecular weight is 293 g/mol. The van der Waals surface area contributed by atoms with Crippen molar-refractivity contribution in [1.82, 2.24) is 0 Å². The zero-order valence-electron chi connectivity index (χ0n) is 12.2. The van der Waals surface area contributed by atoms with Crippen LogP contribution in [0, 0.1) is 0 Å². The first-order valence-corrected chi connectivity index (χ1v) is 7.45. The zero-order valence-corrected chi connectivity index (χ0v) is 12.2. The summed E-state index contributed by atoms with van der Waals surface area (Å²) in [5, 5.41) is 9.79. The molecule has 1 atom stereocenters. The molecule has 0 unspecified atom stereocenters. The van der Waals surface area contributed by atoms with E-state index in [4.69, 9.17) is 9.73 Å². The molecule has 0 spiro atoms. The highest BCUT2D eigenvalue weighted by molar-refractivity contribution is 6.31. The Balaban J connectivity index is 2.00. The lowest BCUT2D eigenvalue weighted by Gasteiger charge is -2.29. The lowest BCUT2D eigenvalue weighted by molar-refractivity contribution is 0.103. The third-order valence-electron chi connectivity index (χ3n) is 4.08. The summed E-state index contributed by atoms with van der Waals surface area (Å²) in [6.07, 6.45) is 1.53. The van der Waals surface area contributed by atoms with Crippen molar-refractivity contribution in [1.29, 1.82) is 0 Å². The van der Waals surface area contributed by atoms with Gasteiger partial charge in [0.05, 0.1) is 11.3 Å². The fraction of sp³-hybridized carbons (Fsp3) is 0.222. The topological polar surface area (TPSA) is 58.9 Å². The second kappa shape index (κ2) is 4.70. The number of hydrogen-bond donors (Lipinski definition) is 1. The van der Waals surface area contributed by atoms with Crippen LogP contribution in [0.1, 0.15) is 46.8 Å². The zero-order chi connectivity index (χ0) is 15.3. The molecule has 0 saturated heterocycles. The molecule has 1 heterocycles. The molecule has 110 valence electrons. The fourth-order valence-corrected chi connectivity index (χ4v) is 3.09. The largest absolute Gasteiger partial charge is 0.508 e. The van der Waals surface area contributed by atoms with Crippen molar-refractivity contribution in [2.24, 2.45) is 4.99 Å². The van der Waals surface area contributed by atoms with E-state index in [0.717, 1.165) is 24.1 Å². The SMILES string of the molecule is CCC[C@H]1N=C2c3cc(O)ccc3C(=O)c3cccc(c32)O1. The number of rotatable bonds is 2. The van der Waals surface area contributed by atoms with E-state index in [-0.39, 0.29) is 17.8 Å². The Hall–Kier alpha value is -2.62. The van der Waals surface area contributed by atoms with Crippen molar-refractivity contribution < 1.29 is 14.6 Å². The molecule has 4 heteroatoms. The van der Waals surface area contributed by atoms with Gasteiger partial charge in [0.25, 0.3) is 0 Å². The quantitative estimate of drug-likeness (QED) is 0.788. The van der Waals surface area contributed by atoms with Crippen LogP contribution in [-0.4, -0.2) is 22.8 Å². The van der Waals surface area contributed by atoms with Crippen LogP contribution >= 0.6 is 0 Å². The predicted molar refractivity (Wildman–Crippen MR) is 82.9 cm³/mol. The van der Waals surface area contributed by atoms with Gasteiger partial charge in [-0.1, -0.05) is 25.5 Å². The second-order valence-corrected chi connectivity index (χ2v) is 5.58. The van der Waals surface area contributed by atoms with Gasteiger partial charge in [0.1, 0.15) is 11.5 Å². The highest BCUT2D eigenvalue weighted by atomic mass is 16.5. The number of ether oxygens (including phenoxy) is 1. The minimum Gasteiger partial charge on any atom is -0.508 e. The van der Waals surface area contributed by atoms with Crippen LogP contribution in [0.4, 0.5) is 0 Å². The molecule has 1 aliphatic carbocycles. The maximum Gasteiger partial charge on any atom is 0.194 e. The number of hydrogen-bond acceptors (Lipinski definition) is 4. The molecule has 4 rings (SSSR count). The van der Waals surface area contributed by atoms with Gasteiger partial charge in [0, 0.05) is 23.1 Å². The molecular formula is C18H15NO3. The summed E-state index contributed by atoms with van der Waals surface area (Å²) in [4.78, 5) is 17.4. The average Bonchev–Trinajstić information content (AvgIpc) is 2.52. The third kappa shape index (κ3) is 1.77. The summed E-state index contributed by atoms with van der Waals surface area (Å²) in [5.74, 6) is 0.778. The minimum absolute atomic E-state index is 0.0525. The summed E-state index contributed by atoms with van der Waals surface area (Å²) in [6.45, 7) is 2.08. The maximum atomic E-state index is 12.7. The molecule has 0 saturated carbocycles. The molecule has 4 nitrogen and oxygen atoms in total. The molecule has 0 amide bonds. The number of nitrogens with zero attached hydrogens (tertiary/aromatic N) is 1. The van der Waals surface area contributed by atoms with E-state index in [0.29, 0.717) is 22.4 Å². The number of phenolic OH excluding ortho intramolecular Hbond substituents is 1. The molecular weight excluding hydrogens is 278 g/mol. The van der Waals surface area contributed by atoms with E-state index in [1.807, 2.05) is 12.1 Å². The Kier molecular flexibility index (Phi) is 2.79. The summed E-state index contributed by atoms with van der Waals surface area (Å²) in [7, 11) is 0. The van der Waals surface area contributed by atoms with E-state index < -0.39 is 0 Å². The fourth-order valence-electron chi connectivity index (χ4n) is 3.09. The number of benzene rings is 2. The molecule has 2 aromatic carbocycles. The van der Waals surface area contributed by atoms with Gasteiger partial charge in [-0.25, -0.2) is 4.99 Å². The minimum atomic E-state index is -0.244. The van der Waals surface area contributed by atoms with E-state index >= 15 is 0 Å². The van der Waals surface area contributed by atoms with Gasteiger partial charge in [-0.2, -0.15) is 0 Å². The van der Waals surface area contributed by atoms with Crippen molar-refractivity contribution in [3.63, 3.8) is 0 Å². The van der Waals surface area contributed by atoms with Gasteiger partial charge in [-0.3, -0.25) is 4.79 Å². The Morgan fingerprint density at radius 1 is 1.18 bits per heavy atom. The van der Waals surface area contributed by atoms with E-state index in [1.54, 1.807) is 18.2 Å². The molecule has 2 aromatic rings. The number of carbonyl (C=O) groups is 1. The van der Waals surface area contributed by atoms with Gasteiger partial charge < -0.3 is 9.84 Å². The molecule has 0 bridgehead atoms. The standard InChI is InChI=1S/C18H15NO3/c1-2-4-15-19-17-13-9-10(20)7-8-11(13)18(21)12-5-3-6-14(22-15)16(12)17/h3,5-9,15,20H,2,4H2,1H3/t15-/m0/s1. The number of aromatic hydroxyl groups is 1. The number of carbonyl (C=O) groups excluding carboxylic acids is 1. The molecule has 0 aromatic heterocycles. The second-order valence-electron chi connectivity index (χ2n) is 5.58. The Morgan fingerprint density at radius 3 is 2.86 bits per heavy atom. The lowest BCUT2D eigenvalue weighted by Crippen LogP contribution is -2.30. The summed E-state index contributed by atoms with van der Waals surface area (Å²) in [5.41, 5.74) is 3.39. The predicted octanol–water partition coefficient (Wildman–Crippen LogP) is 3.29. The smallest absolute Gasteiger partial charge is 0.194 e. The first-order valence-electron chi connectivity index (χ1n) is 7.45. The maximum absolute atomic E-state index is 12.7. The van der Waals surface area contributed by atoms with Crippen LogP contribution in [-0.2, 0) is 0 Å². The van der Waals surface area contributed by atoms with Crippen molar-refractivity contribution >= 4 is 11.5 Å². The molecule has 2 aliphatic rings. The van der Waals surface area contributed by atoms with Gasteiger partial charge >= 0.3 is 0 Å². The van der Waals surface area contributed by atoms with Gasteiger partial charge in [0.15, 0.2) is 12.0 Å².